The van der Waals surface area contributed by atoms with Crippen molar-refractivity contribution in [2.24, 2.45) is 0 Å². The Bertz CT molecular complexity index is 778. The average Bonchev–Trinajstić information content (AvgIpc) is 2.68. The summed E-state index contributed by atoms with van der Waals surface area (Å²) in [4.78, 5) is 23.5. The summed E-state index contributed by atoms with van der Waals surface area (Å²) in [5.74, 6) is -0.162. The second-order valence-corrected chi connectivity index (χ2v) is 7.19. The van der Waals surface area contributed by atoms with Gasteiger partial charge in [-0.3, -0.25) is 19.7 Å². The van der Waals surface area contributed by atoms with Crippen molar-refractivity contribution in [2.45, 2.75) is 58.0 Å². The van der Waals surface area contributed by atoms with Gasteiger partial charge in [-0.25, -0.2) is 0 Å². The van der Waals surface area contributed by atoms with Gasteiger partial charge in [0.2, 0.25) is 0 Å². The molecule has 27 heavy (non-hydrogen) atoms. The molecule has 0 bridgehead atoms. The van der Waals surface area contributed by atoms with Gasteiger partial charge in [-0.15, -0.1) is 0 Å². The molecule has 0 aliphatic carbocycles. The van der Waals surface area contributed by atoms with Crippen LogP contribution in [0.25, 0.3) is 0 Å². The Morgan fingerprint density at radius 1 is 1.22 bits per heavy atom. The Morgan fingerprint density at radius 3 is 2.81 bits per heavy atom. The average molecular weight is 367 g/mol. The Morgan fingerprint density at radius 2 is 2.04 bits per heavy atom. The first-order valence-electron chi connectivity index (χ1n) is 9.85. The van der Waals surface area contributed by atoms with Crippen LogP contribution < -0.4 is 0 Å². The third-order valence-corrected chi connectivity index (χ3v) is 5.36. The maximum Gasteiger partial charge on any atom is 0.306 e. The maximum absolute atomic E-state index is 11.6. The second kappa shape index (κ2) is 9.09. The van der Waals surface area contributed by atoms with Crippen LogP contribution in [0.4, 0.5) is 0 Å². The molecule has 0 N–H and O–H groups in total. The van der Waals surface area contributed by atoms with E-state index in [9.17, 15) is 4.79 Å². The van der Waals surface area contributed by atoms with Crippen molar-refractivity contribution >= 4 is 5.97 Å². The van der Waals surface area contributed by atoms with Crippen molar-refractivity contribution in [1.82, 2.24) is 14.9 Å². The molecule has 1 aliphatic heterocycles. The van der Waals surface area contributed by atoms with Crippen LogP contribution in [0.1, 0.15) is 67.3 Å². The largest absolute Gasteiger partial charge is 0.466 e. The quantitative estimate of drug-likeness (QED) is 0.717. The van der Waals surface area contributed by atoms with E-state index in [1.807, 2.05) is 31.3 Å². The van der Waals surface area contributed by atoms with Gasteiger partial charge in [0, 0.05) is 18.3 Å². The van der Waals surface area contributed by atoms with Crippen LogP contribution in [0.3, 0.4) is 0 Å². The lowest BCUT2D eigenvalue weighted by Crippen LogP contribution is -2.34. The van der Waals surface area contributed by atoms with Crippen molar-refractivity contribution in [3.8, 4) is 0 Å². The highest BCUT2D eigenvalue weighted by molar-refractivity contribution is 5.69. The number of piperidine rings is 1. The summed E-state index contributed by atoms with van der Waals surface area (Å²) in [6.07, 6.45) is 6.24. The summed E-state index contributed by atoms with van der Waals surface area (Å²) in [5, 5.41) is 0. The molecular weight excluding hydrogens is 338 g/mol. The summed E-state index contributed by atoms with van der Waals surface area (Å²) >= 11 is 0. The van der Waals surface area contributed by atoms with Crippen molar-refractivity contribution < 1.29 is 9.53 Å². The van der Waals surface area contributed by atoms with Gasteiger partial charge in [-0.2, -0.15) is 0 Å². The fourth-order valence-corrected chi connectivity index (χ4v) is 3.95. The van der Waals surface area contributed by atoms with E-state index >= 15 is 0 Å². The van der Waals surface area contributed by atoms with Gasteiger partial charge in [0.05, 0.1) is 36.5 Å². The minimum Gasteiger partial charge on any atom is -0.466 e. The fraction of sp³-hybridized carbons (Fsp3) is 0.500. The van der Waals surface area contributed by atoms with E-state index in [2.05, 4.69) is 36.0 Å². The molecule has 5 nitrogen and oxygen atoms in total. The van der Waals surface area contributed by atoms with Gasteiger partial charge >= 0.3 is 5.97 Å². The molecule has 0 saturated carbocycles. The zero-order chi connectivity index (χ0) is 19.2. The molecule has 0 amide bonds. The predicted octanol–water partition coefficient (Wildman–Crippen LogP) is 4.18. The van der Waals surface area contributed by atoms with Gasteiger partial charge in [0.1, 0.15) is 0 Å². The van der Waals surface area contributed by atoms with Crippen LogP contribution in [0.2, 0.25) is 0 Å². The number of likely N-dealkylation sites (tertiary alicyclic amines) is 1. The third-order valence-electron chi connectivity index (χ3n) is 5.36. The predicted molar refractivity (Wildman–Crippen MR) is 105 cm³/mol. The number of ether oxygens (including phenoxy) is 1. The minimum atomic E-state index is -0.162. The van der Waals surface area contributed by atoms with Gasteiger partial charge < -0.3 is 4.74 Å². The molecule has 1 fully saturated rings. The smallest absolute Gasteiger partial charge is 0.306 e. The lowest BCUT2D eigenvalue weighted by atomic mass is 9.90. The molecule has 0 radical (unpaired) electrons. The number of aromatic nitrogens is 2. The van der Waals surface area contributed by atoms with E-state index in [1.165, 1.54) is 11.3 Å². The van der Waals surface area contributed by atoms with Crippen LogP contribution >= 0.6 is 0 Å². The Hall–Kier alpha value is -2.27. The monoisotopic (exact) mass is 367 g/mol. The molecule has 1 aliphatic rings. The molecule has 2 aromatic heterocycles. The standard InChI is InChI=1S/C22H29N3O2/c1-4-27-21(26)14-13-17-9-5-10-18(24-17)19-11-6-12-20(25(19)3)22-16(2)8-7-15-23-22/h5,7-10,15,19-20H,4,6,11-14H2,1-3H3. The number of aryl methyl sites for hydroxylation is 2. The van der Waals surface area contributed by atoms with E-state index in [4.69, 9.17) is 9.72 Å². The lowest BCUT2D eigenvalue weighted by Gasteiger charge is -2.39. The summed E-state index contributed by atoms with van der Waals surface area (Å²) in [6, 6.07) is 10.9. The number of hydrogen-bond acceptors (Lipinski definition) is 5. The number of pyridine rings is 2. The molecule has 5 heteroatoms. The molecule has 0 spiro atoms. The third kappa shape index (κ3) is 4.72. The molecule has 3 heterocycles. The van der Waals surface area contributed by atoms with Gasteiger partial charge in [-0.1, -0.05) is 12.1 Å². The lowest BCUT2D eigenvalue weighted by molar-refractivity contribution is -0.143. The van der Waals surface area contributed by atoms with Crippen molar-refractivity contribution in [3.63, 3.8) is 0 Å². The topological polar surface area (TPSA) is 55.3 Å². The summed E-state index contributed by atoms with van der Waals surface area (Å²) in [7, 11) is 2.18. The molecule has 2 aromatic rings. The highest BCUT2D eigenvalue weighted by atomic mass is 16.5. The van der Waals surface area contributed by atoms with Crippen LogP contribution in [0.5, 0.6) is 0 Å². The minimum absolute atomic E-state index is 0.162. The highest BCUT2D eigenvalue weighted by Gasteiger charge is 2.31. The normalized spacial score (nSPS) is 20.4. The molecule has 2 unspecified atom stereocenters. The summed E-state index contributed by atoms with van der Waals surface area (Å²) < 4.78 is 5.02. The van der Waals surface area contributed by atoms with E-state index in [1.54, 1.807) is 0 Å². The summed E-state index contributed by atoms with van der Waals surface area (Å²) in [5.41, 5.74) is 4.44. The van der Waals surface area contributed by atoms with E-state index in [0.717, 1.165) is 30.7 Å². The number of carbonyl (C=O) groups is 1. The van der Waals surface area contributed by atoms with Gasteiger partial charge in [0.15, 0.2) is 0 Å². The van der Waals surface area contributed by atoms with Crippen LogP contribution in [0.15, 0.2) is 36.5 Å². The number of esters is 1. The molecule has 2 atom stereocenters. The Kier molecular flexibility index (Phi) is 6.56. The molecule has 0 aromatic carbocycles. The highest BCUT2D eigenvalue weighted by Crippen LogP contribution is 2.39. The molecular formula is C22H29N3O2. The first-order chi connectivity index (χ1) is 13.1. The number of carbonyl (C=O) groups excluding carboxylic acids is 1. The van der Waals surface area contributed by atoms with Gasteiger partial charge in [-0.05, 0) is 63.9 Å². The van der Waals surface area contributed by atoms with Gasteiger partial charge in [0.25, 0.3) is 0 Å². The SMILES string of the molecule is CCOC(=O)CCc1cccc(C2CCCC(c3ncccc3C)N2C)n1. The van der Waals surface area contributed by atoms with E-state index in [-0.39, 0.29) is 12.0 Å². The molecule has 144 valence electrons. The number of nitrogens with zero attached hydrogens (tertiary/aromatic N) is 3. The summed E-state index contributed by atoms with van der Waals surface area (Å²) in [6.45, 7) is 4.39. The van der Waals surface area contributed by atoms with Crippen LogP contribution in [0, 0.1) is 6.92 Å². The van der Waals surface area contributed by atoms with Crippen LogP contribution in [-0.2, 0) is 16.0 Å². The maximum atomic E-state index is 11.6. The van der Waals surface area contributed by atoms with E-state index < -0.39 is 0 Å². The first-order valence-corrected chi connectivity index (χ1v) is 9.85. The number of hydrogen-bond donors (Lipinski definition) is 0. The van der Waals surface area contributed by atoms with Crippen molar-refractivity contribution in [3.05, 3.63) is 59.2 Å². The molecule has 3 rings (SSSR count). The Labute approximate surface area is 161 Å². The fourth-order valence-electron chi connectivity index (χ4n) is 3.95. The first kappa shape index (κ1) is 19.5. The van der Waals surface area contributed by atoms with Crippen molar-refractivity contribution in [2.75, 3.05) is 13.7 Å². The zero-order valence-corrected chi connectivity index (χ0v) is 16.5. The number of rotatable bonds is 6. The molecule has 1 saturated heterocycles. The Balaban J connectivity index is 1.74. The van der Waals surface area contributed by atoms with Crippen LogP contribution in [-0.4, -0.2) is 34.5 Å². The van der Waals surface area contributed by atoms with E-state index in [0.29, 0.717) is 25.5 Å². The van der Waals surface area contributed by atoms with Crippen molar-refractivity contribution in [1.29, 1.82) is 0 Å². The second-order valence-electron chi connectivity index (χ2n) is 7.19. The zero-order valence-electron chi connectivity index (χ0n) is 16.5.